The molecule has 0 aliphatic heterocycles. The van der Waals surface area contributed by atoms with Crippen LogP contribution in [0, 0.1) is 6.92 Å². The van der Waals surface area contributed by atoms with Crippen LogP contribution in [0.5, 0.6) is 0 Å². The molecule has 0 spiro atoms. The molecule has 0 bridgehead atoms. The van der Waals surface area contributed by atoms with Crippen molar-refractivity contribution in [2.24, 2.45) is 0 Å². The van der Waals surface area contributed by atoms with Crippen molar-refractivity contribution in [2.75, 3.05) is 11.1 Å². The summed E-state index contributed by atoms with van der Waals surface area (Å²) in [5, 5.41) is 4.51. The van der Waals surface area contributed by atoms with Gasteiger partial charge in [0.2, 0.25) is 0 Å². The summed E-state index contributed by atoms with van der Waals surface area (Å²) in [7, 11) is 0. The lowest BCUT2D eigenvalue weighted by Gasteiger charge is -2.15. The van der Waals surface area contributed by atoms with Crippen LogP contribution in [0.4, 0.5) is 5.69 Å². The molecule has 3 heteroatoms. The normalized spacial score (nSPS) is 24.6. The van der Waals surface area contributed by atoms with E-state index in [0.29, 0.717) is 6.04 Å². The van der Waals surface area contributed by atoms with Gasteiger partial charge in [-0.15, -0.1) is 0 Å². The van der Waals surface area contributed by atoms with Crippen LogP contribution < -0.4 is 5.32 Å². The molecule has 1 aliphatic rings. The average molecular weight is 236 g/mol. The molecule has 2 atom stereocenters. The molecule has 1 aromatic rings. The van der Waals surface area contributed by atoms with Crippen LogP contribution in [0.25, 0.3) is 0 Å². The molecule has 16 heavy (non-hydrogen) atoms. The van der Waals surface area contributed by atoms with E-state index < -0.39 is 0 Å². The topological polar surface area (TPSA) is 24.9 Å². The Bertz CT molecular complexity index is 340. The van der Waals surface area contributed by atoms with Crippen molar-refractivity contribution in [2.45, 2.75) is 44.4 Å². The first kappa shape index (κ1) is 11.8. The van der Waals surface area contributed by atoms with Crippen LogP contribution in [0.2, 0.25) is 0 Å². The van der Waals surface area contributed by atoms with E-state index in [-0.39, 0.29) is 0 Å². The summed E-state index contributed by atoms with van der Waals surface area (Å²) in [5.41, 5.74) is 2.50. The number of hydrogen-bond donors (Lipinski definition) is 1. The van der Waals surface area contributed by atoms with E-state index in [1.54, 1.807) is 0 Å². The predicted octanol–water partition coefficient (Wildman–Crippen LogP) is 3.48. The third-order valence-electron chi connectivity index (χ3n) is 3.17. The highest BCUT2D eigenvalue weighted by molar-refractivity contribution is 7.99. The number of aromatic nitrogens is 1. The van der Waals surface area contributed by atoms with Crippen LogP contribution in [0.3, 0.4) is 0 Å². The van der Waals surface area contributed by atoms with Gasteiger partial charge in [-0.3, -0.25) is 4.98 Å². The molecule has 2 rings (SSSR count). The van der Waals surface area contributed by atoms with Gasteiger partial charge in [0, 0.05) is 29.4 Å². The van der Waals surface area contributed by atoms with E-state index in [0.717, 1.165) is 5.25 Å². The summed E-state index contributed by atoms with van der Waals surface area (Å²) in [5.74, 6) is 1.24. The first-order valence-corrected chi connectivity index (χ1v) is 7.13. The highest BCUT2D eigenvalue weighted by Crippen LogP contribution is 2.31. The molecule has 0 aromatic carbocycles. The zero-order valence-corrected chi connectivity index (χ0v) is 10.9. The Labute approximate surface area is 102 Å². The van der Waals surface area contributed by atoms with Gasteiger partial charge in [-0.05, 0) is 43.6 Å². The van der Waals surface area contributed by atoms with E-state index in [4.69, 9.17) is 0 Å². The monoisotopic (exact) mass is 236 g/mol. The largest absolute Gasteiger partial charge is 0.382 e. The molecule has 0 amide bonds. The highest BCUT2D eigenvalue weighted by atomic mass is 32.2. The summed E-state index contributed by atoms with van der Waals surface area (Å²) < 4.78 is 0. The Balaban J connectivity index is 1.90. The number of nitrogens with one attached hydrogen (secondary N) is 1. The molecule has 1 saturated carbocycles. The standard InChI is InChI=1S/C13H20N2S/c1-3-16-12-5-4-11(8-12)15-13-6-7-14-9-10(13)2/h6-7,9,11-12H,3-5,8H2,1-2H3,(H,14,15). The van der Waals surface area contributed by atoms with Gasteiger partial charge in [0.1, 0.15) is 0 Å². The molecule has 0 radical (unpaired) electrons. The minimum absolute atomic E-state index is 0.658. The van der Waals surface area contributed by atoms with Crippen LogP contribution in [0.1, 0.15) is 31.7 Å². The third-order valence-corrected chi connectivity index (χ3v) is 4.40. The van der Waals surface area contributed by atoms with E-state index in [1.807, 2.05) is 12.4 Å². The van der Waals surface area contributed by atoms with Crippen molar-refractivity contribution in [1.82, 2.24) is 4.98 Å². The first-order chi connectivity index (χ1) is 7.79. The van der Waals surface area contributed by atoms with Crippen LogP contribution in [-0.2, 0) is 0 Å². The van der Waals surface area contributed by atoms with E-state index >= 15 is 0 Å². The van der Waals surface area contributed by atoms with E-state index in [2.05, 4.69) is 42.0 Å². The van der Waals surface area contributed by atoms with Gasteiger partial charge in [-0.2, -0.15) is 11.8 Å². The number of pyridine rings is 1. The Morgan fingerprint density at radius 2 is 2.38 bits per heavy atom. The minimum Gasteiger partial charge on any atom is -0.382 e. The summed E-state index contributed by atoms with van der Waals surface area (Å²) >= 11 is 2.11. The summed E-state index contributed by atoms with van der Waals surface area (Å²) in [6.07, 6.45) is 7.76. The van der Waals surface area contributed by atoms with Gasteiger partial charge in [-0.25, -0.2) is 0 Å². The molecule has 1 aliphatic carbocycles. The number of aryl methyl sites for hydroxylation is 1. The van der Waals surface area contributed by atoms with Crippen molar-refractivity contribution >= 4 is 17.4 Å². The van der Waals surface area contributed by atoms with Gasteiger partial charge < -0.3 is 5.32 Å². The first-order valence-electron chi connectivity index (χ1n) is 6.08. The molecule has 1 N–H and O–H groups in total. The molecular weight excluding hydrogens is 216 g/mol. The predicted molar refractivity (Wildman–Crippen MR) is 72.2 cm³/mol. The number of nitrogens with zero attached hydrogens (tertiary/aromatic N) is 1. The van der Waals surface area contributed by atoms with Crippen molar-refractivity contribution in [3.63, 3.8) is 0 Å². The molecule has 2 unspecified atom stereocenters. The fraction of sp³-hybridized carbons (Fsp3) is 0.615. The molecule has 1 fully saturated rings. The van der Waals surface area contributed by atoms with Crippen molar-refractivity contribution < 1.29 is 0 Å². The second-order valence-electron chi connectivity index (χ2n) is 4.42. The maximum atomic E-state index is 4.12. The number of hydrogen-bond acceptors (Lipinski definition) is 3. The smallest absolute Gasteiger partial charge is 0.0402 e. The quantitative estimate of drug-likeness (QED) is 0.866. The van der Waals surface area contributed by atoms with Crippen LogP contribution in [0.15, 0.2) is 18.5 Å². The fourth-order valence-electron chi connectivity index (χ4n) is 2.31. The Morgan fingerprint density at radius 3 is 3.12 bits per heavy atom. The Morgan fingerprint density at radius 1 is 1.50 bits per heavy atom. The van der Waals surface area contributed by atoms with Gasteiger partial charge in [-0.1, -0.05) is 6.92 Å². The molecule has 88 valence electrons. The Kier molecular flexibility index (Phi) is 4.10. The van der Waals surface area contributed by atoms with Gasteiger partial charge >= 0.3 is 0 Å². The zero-order chi connectivity index (χ0) is 11.4. The highest BCUT2D eigenvalue weighted by Gasteiger charge is 2.24. The molecule has 0 saturated heterocycles. The second-order valence-corrected chi connectivity index (χ2v) is 6.00. The number of thioether (sulfide) groups is 1. The molecular formula is C13H20N2S. The summed E-state index contributed by atoms with van der Waals surface area (Å²) in [4.78, 5) is 4.12. The Hall–Kier alpha value is -0.700. The van der Waals surface area contributed by atoms with E-state index in [9.17, 15) is 0 Å². The zero-order valence-electron chi connectivity index (χ0n) is 10.1. The number of anilines is 1. The average Bonchev–Trinajstić information content (AvgIpc) is 2.70. The van der Waals surface area contributed by atoms with Crippen molar-refractivity contribution in [3.05, 3.63) is 24.0 Å². The summed E-state index contributed by atoms with van der Waals surface area (Å²) in [6, 6.07) is 2.74. The van der Waals surface area contributed by atoms with Gasteiger partial charge in [0.15, 0.2) is 0 Å². The lowest BCUT2D eigenvalue weighted by molar-refractivity contribution is 0.755. The lowest BCUT2D eigenvalue weighted by Crippen LogP contribution is -2.16. The van der Waals surface area contributed by atoms with Crippen LogP contribution >= 0.6 is 11.8 Å². The van der Waals surface area contributed by atoms with Crippen LogP contribution in [-0.4, -0.2) is 22.0 Å². The van der Waals surface area contributed by atoms with Gasteiger partial charge in [0.25, 0.3) is 0 Å². The third kappa shape index (κ3) is 2.91. The molecule has 1 aromatic heterocycles. The molecule has 2 nitrogen and oxygen atoms in total. The van der Waals surface area contributed by atoms with Crippen molar-refractivity contribution in [3.8, 4) is 0 Å². The maximum Gasteiger partial charge on any atom is 0.0402 e. The lowest BCUT2D eigenvalue weighted by atomic mass is 10.2. The van der Waals surface area contributed by atoms with Gasteiger partial charge in [0.05, 0.1) is 0 Å². The summed E-state index contributed by atoms with van der Waals surface area (Å²) in [6.45, 7) is 4.36. The van der Waals surface area contributed by atoms with E-state index in [1.165, 1.54) is 36.3 Å². The molecule has 1 heterocycles. The minimum atomic E-state index is 0.658. The van der Waals surface area contributed by atoms with Crippen molar-refractivity contribution in [1.29, 1.82) is 0 Å². The fourth-order valence-corrected chi connectivity index (χ4v) is 3.46. The number of rotatable bonds is 4. The second kappa shape index (κ2) is 5.58. The SMILES string of the molecule is CCSC1CCC(Nc2ccncc2C)C1. The maximum absolute atomic E-state index is 4.12.